The Bertz CT molecular complexity index is 796. The fourth-order valence-electron chi connectivity index (χ4n) is 3.53. The highest BCUT2D eigenvalue weighted by Crippen LogP contribution is 2.26. The molecule has 0 aromatic heterocycles. The molecule has 2 heterocycles. The number of benzene rings is 1. The topological polar surface area (TPSA) is 92.1 Å². The average Bonchev–Trinajstić information content (AvgIpc) is 3.11. The van der Waals surface area contributed by atoms with E-state index in [0.717, 1.165) is 0 Å². The number of rotatable bonds is 3. The van der Waals surface area contributed by atoms with Gasteiger partial charge in [0.2, 0.25) is 0 Å². The van der Waals surface area contributed by atoms with E-state index in [1.54, 1.807) is 41.0 Å². The van der Waals surface area contributed by atoms with Crippen molar-refractivity contribution < 1.29 is 23.8 Å². The van der Waals surface area contributed by atoms with Crippen LogP contribution in [-0.4, -0.2) is 71.9 Å². The van der Waals surface area contributed by atoms with Crippen LogP contribution in [0, 0.1) is 11.3 Å². The molecule has 0 aliphatic carbocycles. The highest BCUT2D eigenvalue weighted by molar-refractivity contribution is 5.81. The van der Waals surface area contributed by atoms with Gasteiger partial charge in [0.05, 0.1) is 36.9 Å². The van der Waals surface area contributed by atoms with Gasteiger partial charge in [-0.15, -0.1) is 0 Å². The molecule has 2 aliphatic heterocycles. The Morgan fingerprint density at radius 1 is 1.24 bits per heavy atom. The SMILES string of the molecule is CC(Oc1ccc(C#N)cc1)C(=O)N1CCO[C@H]2CN(C(=O)OC(C)(C)C)C[C@H]21. The van der Waals surface area contributed by atoms with E-state index in [1.807, 2.05) is 26.8 Å². The minimum absolute atomic E-state index is 0.154. The predicted octanol–water partition coefficient (Wildman–Crippen LogP) is 2.17. The highest BCUT2D eigenvalue weighted by atomic mass is 16.6. The van der Waals surface area contributed by atoms with Crippen LogP contribution in [0.25, 0.3) is 0 Å². The first-order valence-electron chi connectivity index (χ1n) is 9.75. The van der Waals surface area contributed by atoms with Gasteiger partial charge in [0.25, 0.3) is 5.91 Å². The molecule has 0 spiro atoms. The highest BCUT2D eigenvalue weighted by Gasteiger charge is 2.45. The Balaban J connectivity index is 1.64. The van der Waals surface area contributed by atoms with Gasteiger partial charge in [-0.25, -0.2) is 4.79 Å². The third-order valence-corrected chi connectivity index (χ3v) is 4.88. The first-order valence-corrected chi connectivity index (χ1v) is 9.75. The summed E-state index contributed by atoms with van der Waals surface area (Å²) in [6.45, 7) is 8.80. The molecule has 2 fully saturated rings. The average molecular weight is 401 g/mol. The second-order valence-corrected chi connectivity index (χ2v) is 8.29. The Labute approximate surface area is 170 Å². The number of carbonyl (C=O) groups is 2. The molecule has 8 heteroatoms. The first-order chi connectivity index (χ1) is 13.7. The number of fused-ring (bicyclic) bond motifs is 1. The van der Waals surface area contributed by atoms with Gasteiger partial charge in [-0.1, -0.05) is 0 Å². The van der Waals surface area contributed by atoms with E-state index in [1.165, 1.54) is 0 Å². The van der Waals surface area contributed by atoms with Crippen LogP contribution in [-0.2, 0) is 14.3 Å². The van der Waals surface area contributed by atoms with Crippen LogP contribution in [0.5, 0.6) is 5.75 Å². The molecule has 29 heavy (non-hydrogen) atoms. The van der Waals surface area contributed by atoms with E-state index in [2.05, 4.69) is 0 Å². The van der Waals surface area contributed by atoms with Crippen molar-refractivity contribution in [3.05, 3.63) is 29.8 Å². The lowest BCUT2D eigenvalue weighted by atomic mass is 10.1. The third-order valence-electron chi connectivity index (χ3n) is 4.88. The molecule has 3 atom stereocenters. The lowest BCUT2D eigenvalue weighted by Gasteiger charge is -2.37. The fourth-order valence-corrected chi connectivity index (χ4v) is 3.53. The van der Waals surface area contributed by atoms with Crippen LogP contribution in [0.3, 0.4) is 0 Å². The van der Waals surface area contributed by atoms with Gasteiger partial charge in [0.1, 0.15) is 11.4 Å². The standard InChI is InChI=1S/C21H27N3O5/c1-14(28-16-7-5-15(11-22)6-8-16)19(25)24-9-10-27-18-13-23(12-17(18)24)20(26)29-21(2,3)4/h5-8,14,17-18H,9-10,12-13H2,1-4H3/t14?,17-,18+/m1/s1. The van der Waals surface area contributed by atoms with E-state index in [9.17, 15) is 9.59 Å². The van der Waals surface area contributed by atoms with E-state index >= 15 is 0 Å². The van der Waals surface area contributed by atoms with Crippen LogP contribution in [0.2, 0.25) is 0 Å². The molecule has 1 aromatic carbocycles. The zero-order valence-corrected chi connectivity index (χ0v) is 17.3. The van der Waals surface area contributed by atoms with Crippen LogP contribution in [0.4, 0.5) is 4.79 Å². The minimum atomic E-state index is -0.697. The lowest BCUT2D eigenvalue weighted by Crippen LogP contribution is -2.56. The Morgan fingerprint density at radius 2 is 1.93 bits per heavy atom. The van der Waals surface area contributed by atoms with E-state index in [4.69, 9.17) is 19.5 Å². The molecule has 8 nitrogen and oxygen atoms in total. The minimum Gasteiger partial charge on any atom is -0.481 e. The third kappa shape index (κ3) is 4.98. The van der Waals surface area contributed by atoms with Crippen LogP contribution in [0.15, 0.2) is 24.3 Å². The van der Waals surface area contributed by atoms with Crippen molar-refractivity contribution in [3.8, 4) is 11.8 Å². The molecule has 2 aliphatic rings. The Morgan fingerprint density at radius 3 is 2.55 bits per heavy atom. The van der Waals surface area contributed by atoms with Crippen molar-refractivity contribution in [2.45, 2.75) is 51.5 Å². The molecule has 156 valence electrons. The smallest absolute Gasteiger partial charge is 0.410 e. The summed E-state index contributed by atoms with van der Waals surface area (Å²) in [5.41, 5.74) is -0.0504. The molecule has 2 saturated heterocycles. The van der Waals surface area contributed by atoms with Gasteiger partial charge in [-0.05, 0) is 52.0 Å². The van der Waals surface area contributed by atoms with Gasteiger partial charge in [0.15, 0.2) is 6.10 Å². The van der Waals surface area contributed by atoms with E-state index in [-0.39, 0.29) is 18.1 Å². The van der Waals surface area contributed by atoms with Crippen LogP contribution < -0.4 is 4.74 Å². The van der Waals surface area contributed by atoms with Crippen molar-refractivity contribution in [1.82, 2.24) is 9.80 Å². The normalized spacial score (nSPS) is 22.4. The summed E-state index contributed by atoms with van der Waals surface area (Å²) in [7, 11) is 0. The number of likely N-dealkylation sites (tertiary alicyclic amines) is 1. The molecule has 1 unspecified atom stereocenters. The molecule has 0 saturated carbocycles. The van der Waals surface area contributed by atoms with Gasteiger partial charge >= 0.3 is 6.09 Å². The molecule has 0 radical (unpaired) electrons. The number of amides is 2. The monoisotopic (exact) mass is 401 g/mol. The quantitative estimate of drug-likeness (QED) is 0.771. The second-order valence-electron chi connectivity index (χ2n) is 8.29. The zero-order chi connectivity index (χ0) is 21.2. The van der Waals surface area contributed by atoms with E-state index in [0.29, 0.717) is 37.6 Å². The Kier molecular flexibility index (Phi) is 5.99. The van der Waals surface area contributed by atoms with Crippen molar-refractivity contribution in [2.24, 2.45) is 0 Å². The van der Waals surface area contributed by atoms with Crippen molar-refractivity contribution in [1.29, 1.82) is 5.26 Å². The maximum atomic E-state index is 13.0. The molecule has 2 amide bonds. The summed E-state index contributed by atoms with van der Waals surface area (Å²) in [6.07, 6.45) is -1.33. The second kappa shape index (κ2) is 8.29. The molecule has 1 aromatic rings. The Hall–Kier alpha value is -2.79. The predicted molar refractivity (Wildman–Crippen MR) is 104 cm³/mol. The molecule has 3 rings (SSSR count). The number of hydrogen-bond acceptors (Lipinski definition) is 6. The van der Waals surface area contributed by atoms with Gasteiger partial charge in [-0.3, -0.25) is 4.79 Å². The lowest BCUT2D eigenvalue weighted by molar-refractivity contribution is -0.149. The van der Waals surface area contributed by atoms with Crippen LogP contribution in [0.1, 0.15) is 33.3 Å². The van der Waals surface area contributed by atoms with Crippen molar-refractivity contribution in [3.63, 3.8) is 0 Å². The van der Waals surface area contributed by atoms with Crippen molar-refractivity contribution >= 4 is 12.0 Å². The first kappa shape index (κ1) is 20.9. The van der Waals surface area contributed by atoms with Gasteiger partial charge in [0, 0.05) is 13.1 Å². The summed E-state index contributed by atoms with van der Waals surface area (Å²) in [5.74, 6) is 0.371. The number of morpholine rings is 1. The van der Waals surface area contributed by atoms with Crippen molar-refractivity contribution in [2.75, 3.05) is 26.2 Å². The maximum absolute atomic E-state index is 13.0. The molecular formula is C21H27N3O5. The summed E-state index contributed by atoms with van der Waals surface area (Å²) >= 11 is 0. The largest absolute Gasteiger partial charge is 0.481 e. The van der Waals surface area contributed by atoms with E-state index < -0.39 is 17.8 Å². The van der Waals surface area contributed by atoms with Gasteiger partial charge < -0.3 is 24.0 Å². The molecular weight excluding hydrogens is 374 g/mol. The number of nitrogens with zero attached hydrogens (tertiary/aromatic N) is 3. The number of nitriles is 1. The fraction of sp³-hybridized carbons (Fsp3) is 0.571. The zero-order valence-electron chi connectivity index (χ0n) is 17.3. The number of carbonyl (C=O) groups excluding carboxylic acids is 2. The number of ether oxygens (including phenoxy) is 3. The summed E-state index contributed by atoms with van der Waals surface area (Å²) in [6, 6.07) is 8.45. The summed E-state index contributed by atoms with van der Waals surface area (Å²) in [4.78, 5) is 28.8. The summed E-state index contributed by atoms with van der Waals surface area (Å²) < 4.78 is 17.0. The molecule has 0 bridgehead atoms. The maximum Gasteiger partial charge on any atom is 0.410 e. The summed E-state index contributed by atoms with van der Waals surface area (Å²) in [5, 5.41) is 8.88. The van der Waals surface area contributed by atoms with Crippen LogP contribution >= 0.6 is 0 Å². The molecule has 0 N–H and O–H groups in total. The number of hydrogen-bond donors (Lipinski definition) is 0. The van der Waals surface area contributed by atoms with Gasteiger partial charge in [-0.2, -0.15) is 5.26 Å².